The summed E-state index contributed by atoms with van der Waals surface area (Å²) in [4.78, 5) is 60.1. The van der Waals surface area contributed by atoms with Gasteiger partial charge in [-0.1, -0.05) is 38.1 Å². The molecule has 0 spiro atoms. The van der Waals surface area contributed by atoms with Crippen LogP contribution in [0.2, 0.25) is 0 Å². The van der Waals surface area contributed by atoms with Crippen molar-refractivity contribution >= 4 is 41.7 Å². The van der Waals surface area contributed by atoms with Gasteiger partial charge < -0.3 is 54.8 Å². The van der Waals surface area contributed by atoms with Crippen LogP contribution in [0.15, 0.2) is 30.5 Å². The molecule has 1 aromatic heterocycles. The lowest BCUT2D eigenvalue weighted by molar-refractivity contribution is -0.295. The molecule has 73 heavy (non-hydrogen) atoms. The van der Waals surface area contributed by atoms with Gasteiger partial charge in [0.2, 0.25) is 0 Å². The molecule has 1 aromatic carbocycles. The van der Waals surface area contributed by atoms with Gasteiger partial charge in [-0.05, 0) is 139 Å². The third-order valence-corrected chi connectivity index (χ3v) is 14.3. The van der Waals surface area contributed by atoms with Crippen molar-refractivity contribution in [3.8, 4) is 11.3 Å². The molecule has 3 aliphatic heterocycles. The Labute approximate surface area is 437 Å². The quantitative estimate of drug-likeness (QED) is 0.0481. The minimum Gasteiger partial charge on any atom is -0.459 e. The summed E-state index contributed by atoms with van der Waals surface area (Å²) < 4.78 is 49.7. The lowest BCUT2D eigenvalue weighted by Gasteiger charge is -2.46. The number of nitrogens with zero attached hydrogens (tertiary/aromatic N) is 5. The number of methoxy groups -OCH3 is 1. The van der Waals surface area contributed by atoms with Crippen LogP contribution < -0.4 is 16.4 Å². The van der Waals surface area contributed by atoms with Crippen LogP contribution >= 0.6 is 12.1 Å². The number of halogens is 1. The fourth-order valence-electron chi connectivity index (χ4n) is 10.5. The Bertz CT molecular complexity index is 2100. The molecule has 21 heteroatoms. The predicted octanol–water partition coefficient (Wildman–Crippen LogP) is 6.21. The van der Waals surface area contributed by atoms with Crippen LogP contribution in [0, 0.1) is 17.8 Å². The third kappa shape index (κ3) is 16.3. The Hall–Kier alpha value is -3.96. The molecule has 2 unspecified atom stereocenters. The highest BCUT2D eigenvalue weighted by atomic mass is 32.2. The number of esters is 2. The van der Waals surface area contributed by atoms with Crippen LogP contribution in [-0.2, 0) is 49.3 Å². The second kappa shape index (κ2) is 27.2. The van der Waals surface area contributed by atoms with E-state index in [1.165, 1.54) is 13.2 Å². The van der Waals surface area contributed by atoms with Gasteiger partial charge in [0.25, 0.3) is 0 Å². The maximum atomic E-state index is 14.6. The number of ether oxygens (including phenoxy) is 6. The van der Waals surface area contributed by atoms with Crippen LogP contribution in [0.4, 0.5) is 14.4 Å². The summed E-state index contributed by atoms with van der Waals surface area (Å²) in [7, 11) is 5.36. The molecule has 1 amide bonds. The number of aromatic nitrogens is 3. The van der Waals surface area contributed by atoms with Gasteiger partial charge in [-0.15, -0.1) is 5.10 Å². The van der Waals surface area contributed by atoms with Gasteiger partial charge in [0.05, 0.1) is 30.0 Å². The first kappa shape index (κ1) is 61.6. The number of fused-ring (bicyclic) bond motifs is 1. The van der Waals surface area contributed by atoms with Crippen LogP contribution in [0.1, 0.15) is 115 Å². The van der Waals surface area contributed by atoms with Crippen LogP contribution in [0.5, 0.6) is 0 Å². The lowest BCUT2D eigenvalue weighted by atomic mass is 9.78. The van der Waals surface area contributed by atoms with Crippen LogP contribution in [0.25, 0.3) is 11.3 Å². The average molecular weight is 1050 g/mol. The molecule has 3 aliphatic rings. The predicted molar refractivity (Wildman–Crippen MR) is 279 cm³/mol. The molecular formula is C52H87FN8O11S. The smallest absolute Gasteiger partial charge is 0.410 e. The number of hydrogen-bond acceptors (Lipinski definition) is 18. The second-order valence-electron chi connectivity index (χ2n) is 21.8. The minimum atomic E-state index is -1.38. The van der Waals surface area contributed by atoms with E-state index >= 15 is 0 Å². The monoisotopic (exact) mass is 1050 g/mol. The zero-order valence-electron chi connectivity index (χ0n) is 46.0. The summed E-state index contributed by atoms with van der Waals surface area (Å²) in [5.41, 5.74) is 5.01. The van der Waals surface area contributed by atoms with E-state index in [0.29, 0.717) is 69.7 Å². The number of aliphatic hydroxyl groups is 1. The molecule has 414 valence electrons. The van der Waals surface area contributed by atoms with E-state index in [1.54, 1.807) is 37.5 Å². The number of nitrogen functional groups attached to an aromatic ring is 1. The number of benzene rings is 1. The summed E-state index contributed by atoms with van der Waals surface area (Å²) in [6.07, 6.45) is 1.27. The Balaban J connectivity index is 0.00000375. The maximum Gasteiger partial charge on any atom is 0.410 e. The summed E-state index contributed by atoms with van der Waals surface area (Å²) in [5.74, 6) is -3.88. The molecule has 19 nitrogen and oxygen atoms in total. The largest absolute Gasteiger partial charge is 0.459 e. The molecular weight excluding hydrogens is 964 g/mol. The summed E-state index contributed by atoms with van der Waals surface area (Å²) in [6.45, 7) is 21.6. The molecule has 14 atom stereocenters. The second-order valence-corrected chi connectivity index (χ2v) is 22.1. The van der Waals surface area contributed by atoms with Gasteiger partial charge in [-0.2, -0.15) is 3.89 Å². The number of hydrogen-bond donors (Lipinski definition) is 4. The number of anilines is 1. The Morgan fingerprint density at radius 3 is 2.42 bits per heavy atom. The summed E-state index contributed by atoms with van der Waals surface area (Å²) in [5, 5.41) is 27.4. The SMILES string of the molecule is CC[C@H]1OC(=O)[C@H](C)C(=O)[C@H](C)[C@@H](O[C@@H]2O[C@H](C)CC(N(C)C)C2O)[C@](C)(OC)C[C@@H](C)CN[C@H](CCN[C@H](C)C(=O)OC(C)(C)C)[C@H]2N(CCCCn3cc(-c4cccc(N)c4)nn3)C(=O)O[C@]12C.CSF. The first-order valence-corrected chi connectivity index (χ1v) is 26.9. The van der Waals surface area contributed by atoms with Crippen molar-refractivity contribution in [3.05, 3.63) is 30.5 Å². The summed E-state index contributed by atoms with van der Waals surface area (Å²) >= 11 is 0.250. The van der Waals surface area contributed by atoms with Crippen molar-refractivity contribution in [2.45, 2.75) is 193 Å². The zero-order valence-corrected chi connectivity index (χ0v) is 46.8. The van der Waals surface area contributed by atoms with Gasteiger partial charge in [0.15, 0.2) is 17.7 Å². The number of Topliss-reactive ketones (excluding diaryl/α,β-unsaturated/α-hetero) is 1. The van der Waals surface area contributed by atoms with Crippen molar-refractivity contribution in [3.63, 3.8) is 0 Å². The normalized spacial score (nSPS) is 32.1. The Kier molecular flexibility index (Phi) is 22.9. The van der Waals surface area contributed by atoms with E-state index in [9.17, 15) is 28.2 Å². The number of rotatable bonds is 16. The van der Waals surface area contributed by atoms with Gasteiger partial charge in [-0.25, -0.2) is 4.79 Å². The van der Waals surface area contributed by atoms with Crippen molar-refractivity contribution in [1.29, 1.82) is 0 Å². The first-order chi connectivity index (χ1) is 34.2. The number of nitrogens with two attached hydrogens (primary N) is 1. The number of likely N-dealkylation sites (N-methyl/N-ethyl adjacent to an activating group) is 1. The van der Waals surface area contributed by atoms with Crippen LogP contribution in [-0.4, -0.2) is 172 Å². The molecule has 0 aliphatic carbocycles. The molecule has 3 saturated heterocycles. The van der Waals surface area contributed by atoms with Gasteiger partial charge in [-0.3, -0.25) is 24.0 Å². The standard InChI is InChI=1S/C51H84N8O11.CH3FS/c1-15-40-51(11)43(59(48(64)70-51)24-17-16-23-58-29-38(55-56-58)35-19-18-20-36(52)26-35)37(21-22-53-34(6)46(63)69-49(7,8)9)54-28-30(2)27-50(10,65-14)44(32(4)41(60)33(5)45(62)67-40)68-47-42(61)39(57(12)13)25-31(3)66-47;1-3-2/h18-20,26,29-34,37,39-40,42-44,47,53-54,61H,15-17,21-25,27-28,52H2,1-14H3;1H3/t30-,31-,32+,33-,34-,37-,39?,40-,42?,43-,44-,47+,50-,51-;/m1./s1. The van der Waals surface area contributed by atoms with E-state index in [4.69, 9.17) is 34.2 Å². The molecule has 5 N–H and O–H groups in total. The van der Waals surface area contributed by atoms with Gasteiger partial charge in [0, 0.05) is 67.9 Å². The van der Waals surface area contributed by atoms with Gasteiger partial charge in [0.1, 0.15) is 35.5 Å². The number of ketones is 1. The molecule has 4 heterocycles. The van der Waals surface area contributed by atoms with E-state index in [1.807, 2.05) is 91.0 Å². The number of cyclic esters (lactones) is 1. The molecule has 0 bridgehead atoms. The highest BCUT2D eigenvalue weighted by molar-refractivity contribution is 7.93. The van der Waals surface area contributed by atoms with Crippen molar-refractivity contribution in [1.82, 2.24) is 35.4 Å². The van der Waals surface area contributed by atoms with E-state index in [-0.39, 0.29) is 36.6 Å². The molecule has 2 aromatic rings. The average Bonchev–Trinajstić information content (AvgIpc) is 3.90. The lowest BCUT2D eigenvalue weighted by Crippen LogP contribution is -2.62. The number of aliphatic hydroxyl groups excluding tert-OH is 1. The Morgan fingerprint density at radius 2 is 1.81 bits per heavy atom. The minimum absolute atomic E-state index is 0.125. The highest BCUT2D eigenvalue weighted by Gasteiger charge is 2.59. The van der Waals surface area contributed by atoms with Crippen molar-refractivity contribution in [2.24, 2.45) is 17.8 Å². The fourth-order valence-corrected chi connectivity index (χ4v) is 10.5. The van der Waals surface area contributed by atoms with Crippen molar-refractivity contribution < 1.29 is 56.6 Å². The Morgan fingerprint density at radius 1 is 1.14 bits per heavy atom. The fraction of sp³-hybridized carbons (Fsp3) is 0.769. The van der Waals surface area contributed by atoms with Gasteiger partial charge >= 0.3 is 18.0 Å². The number of amides is 1. The molecule has 3 fully saturated rings. The molecule has 5 rings (SSSR count). The zero-order chi connectivity index (χ0) is 54.6. The molecule has 0 saturated carbocycles. The number of carbonyl (C=O) groups is 4. The first-order valence-electron chi connectivity index (χ1n) is 25.8. The topological polar surface area (TPSA) is 231 Å². The third-order valence-electron chi connectivity index (χ3n) is 14.3. The van der Waals surface area contributed by atoms with Crippen LogP contribution in [0.3, 0.4) is 0 Å². The molecule has 0 radical (unpaired) electrons. The number of carbonyl (C=O) groups excluding carboxylic acids is 4. The number of aryl methyl sites for hydroxylation is 1. The number of unbranched alkanes of at least 4 members (excludes halogenated alkanes) is 1. The van der Waals surface area contributed by atoms with E-state index in [2.05, 4.69) is 27.9 Å². The summed E-state index contributed by atoms with van der Waals surface area (Å²) in [6, 6.07) is 5.40. The maximum absolute atomic E-state index is 14.6. The van der Waals surface area contributed by atoms with E-state index < -0.39 is 95.2 Å². The van der Waals surface area contributed by atoms with E-state index in [0.717, 1.165) is 5.56 Å². The highest BCUT2D eigenvalue weighted by Crippen LogP contribution is 2.41. The number of nitrogens with one attached hydrogen (secondary N) is 2. The van der Waals surface area contributed by atoms with Crippen molar-refractivity contribution in [2.75, 3.05) is 52.8 Å².